The maximum Gasteiger partial charge on any atom is 0.150 e. The van der Waals surface area contributed by atoms with Gasteiger partial charge in [0.25, 0.3) is 0 Å². The molecule has 0 radical (unpaired) electrons. The number of imidazole rings is 1. The summed E-state index contributed by atoms with van der Waals surface area (Å²) in [4.78, 5) is 4.34. The van der Waals surface area contributed by atoms with Crippen molar-refractivity contribution in [3.05, 3.63) is 16.7 Å². The van der Waals surface area contributed by atoms with E-state index in [9.17, 15) is 0 Å². The Morgan fingerprint density at radius 3 is 3.08 bits per heavy atom. The van der Waals surface area contributed by atoms with Crippen LogP contribution in [0.3, 0.4) is 0 Å². The summed E-state index contributed by atoms with van der Waals surface area (Å²) in [6, 6.07) is 0. The molecule has 1 aromatic rings. The summed E-state index contributed by atoms with van der Waals surface area (Å²) in [6.45, 7) is 3.23. The summed E-state index contributed by atoms with van der Waals surface area (Å²) in [7, 11) is 0. The van der Waals surface area contributed by atoms with Crippen molar-refractivity contribution in [2.75, 3.05) is 0 Å². The van der Waals surface area contributed by atoms with Crippen LogP contribution in [0.2, 0.25) is 5.15 Å². The molecule has 0 aromatic carbocycles. The molecular formula is C9H13ClN2. The third-order valence-electron chi connectivity index (χ3n) is 2.46. The van der Waals surface area contributed by atoms with Crippen LogP contribution in [-0.2, 0) is 19.4 Å². The number of hydrogen-bond donors (Lipinski definition) is 0. The number of hydrogen-bond acceptors (Lipinski definition) is 1. The van der Waals surface area contributed by atoms with Gasteiger partial charge >= 0.3 is 0 Å². The fourth-order valence-corrected chi connectivity index (χ4v) is 2.13. The Morgan fingerprint density at radius 1 is 1.50 bits per heavy atom. The zero-order valence-corrected chi connectivity index (χ0v) is 8.06. The molecule has 1 aliphatic heterocycles. The number of rotatable bonds is 1. The molecule has 0 spiro atoms. The monoisotopic (exact) mass is 184 g/mol. The summed E-state index contributed by atoms with van der Waals surface area (Å²) in [6.07, 6.45) is 4.62. The lowest BCUT2D eigenvalue weighted by Crippen LogP contribution is -2.12. The molecule has 2 nitrogen and oxygen atoms in total. The van der Waals surface area contributed by atoms with Crippen LogP contribution in [0.1, 0.15) is 31.3 Å². The molecule has 1 aromatic heterocycles. The lowest BCUT2D eigenvalue weighted by atomic mass is 10.1. The Morgan fingerprint density at radius 2 is 2.33 bits per heavy atom. The molecule has 2 heterocycles. The molecular weight excluding hydrogens is 172 g/mol. The lowest BCUT2D eigenvalue weighted by molar-refractivity contribution is 0.516. The molecule has 0 saturated carbocycles. The molecule has 0 atom stereocenters. The smallest absolute Gasteiger partial charge is 0.150 e. The van der Waals surface area contributed by atoms with Gasteiger partial charge in [-0.1, -0.05) is 18.5 Å². The Hall–Kier alpha value is -0.500. The van der Waals surface area contributed by atoms with Crippen molar-refractivity contribution in [1.82, 2.24) is 9.55 Å². The van der Waals surface area contributed by atoms with Gasteiger partial charge in [-0.15, -0.1) is 0 Å². The molecule has 66 valence electrons. The number of halogens is 1. The maximum atomic E-state index is 6.01. The zero-order chi connectivity index (χ0) is 8.55. The Labute approximate surface area is 77.6 Å². The molecule has 0 bridgehead atoms. The van der Waals surface area contributed by atoms with Gasteiger partial charge < -0.3 is 4.57 Å². The third-order valence-corrected chi connectivity index (χ3v) is 2.77. The van der Waals surface area contributed by atoms with E-state index in [0.29, 0.717) is 0 Å². The first-order chi connectivity index (χ1) is 5.83. The lowest BCUT2D eigenvalue weighted by Gasteiger charge is -2.15. The average Bonchev–Trinajstić information content (AvgIpc) is 2.44. The molecule has 0 N–H and O–H groups in total. The van der Waals surface area contributed by atoms with Crippen LogP contribution in [0.25, 0.3) is 0 Å². The van der Waals surface area contributed by atoms with Crippen molar-refractivity contribution in [3.8, 4) is 0 Å². The number of aryl methyl sites for hydroxylation is 1. The zero-order valence-electron chi connectivity index (χ0n) is 7.31. The van der Waals surface area contributed by atoms with E-state index in [1.54, 1.807) is 0 Å². The van der Waals surface area contributed by atoms with Crippen molar-refractivity contribution in [3.63, 3.8) is 0 Å². The van der Waals surface area contributed by atoms with Gasteiger partial charge in [-0.05, 0) is 19.3 Å². The van der Waals surface area contributed by atoms with Gasteiger partial charge in [-0.2, -0.15) is 0 Å². The average molecular weight is 185 g/mol. The largest absolute Gasteiger partial charge is 0.331 e. The number of fused-ring (bicyclic) bond motifs is 1. The minimum atomic E-state index is 0.728. The van der Waals surface area contributed by atoms with Crippen LogP contribution >= 0.6 is 11.6 Å². The van der Waals surface area contributed by atoms with Crippen molar-refractivity contribution in [2.24, 2.45) is 0 Å². The Kier molecular flexibility index (Phi) is 2.09. The second-order valence-corrected chi connectivity index (χ2v) is 3.59. The summed E-state index contributed by atoms with van der Waals surface area (Å²) >= 11 is 6.01. The van der Waals surface area contributed by atoms with Crippen LogP contribution < -0.4 is 0 Å². The van der Waals surface area contributed by atoms with Gasteiger partial charge in [-0.25, -0.2) is 4.98 Å². The summed E-state index contributed by atoms with van der Waals surface area (Å²) < 4.78 is 2.28. The Balaban J connectivity index is 2.47. The fourth-order valence-electron chi connectivity index (χ4n) is 1.84. The first-order valence-electron chi connectivity index (χ1n) is 4.56. The van der Waals surface area contributed by atoms with E-state index in [1.165, 1.54) is 18.5 Å². The standard InChI is InChI=1S/C9H13ClN2/c1-2-8-11-9(10)7-5-3-4-6-12(7)8/h2-6H2,1H3. The van der Waals surface area contributed by atoms with E-state index in [1.807, 2.05) is 0 Å². The van der Waals surface area contributed by atoms with Gasteiger partial charge in [0.15, 0.2) is 5.15 Å². The molecule has 0 amide bonds. The van der Waals surface area contributed by atoms with Crippen molar-refractivity contribution < 1.29 is 0 Å². The van der Waals surface area contributed by atoms with Gasteiger partial charge in [0.05, 0.1) is 5.69 Å². The molecule has 0 saturated heterocycles. The third kappa shape index (κ3) is 1.14. The normalized spacial score (nSPS) is 16.2. The van der Waals surface area contributed by atoms with Crippen molar-refractivity contribution in [1.29, 1.82) is 0 Å². The van der Waals surface area contributed by atoms with E-state index in [4.69, 9.17) is 11.6 Å². The van der Waals surface area contributed by atoms with Gasteiger partial charge in [-0.3, -0.25) is 0 Å². The molecule has 0 fully saturated rings. The van der Waals surface area contributed by atoms with Gasteiger partial charge in [0.1, 0.15) is 5.82 Å². The second-order valence-electron chi connectivity index (χ2n) is 3.23. The second kappa shape index (κ2) is 3.09. The molecule has 0 unspecified atom stereocenters. The first-order valence-corrected chi connectivity index (χ1v) is 4.94. The highest BCUT2D eigenvalue weighted by molar-refractivity contribution is 6.30. The van der Waals surface area contributed by atoms with Crippen LogP contribution in [-0.4, -0.2) is 9.55 Å². The maximum absolute atomic E-state index is 6.01. The van der Waals surface area contributed by atoms with Crippen LogP contribution in [0.4, 0.5) is 0 Å². The van der Waals surface area contributed by atoms with Crippen LogP contribution in [0.15, 0.2) is 0 Å². The number of aromatic nitrogens is 2. The van der Waals surface area contributed by atoms with Crippen LogP contribution in [0, 0.1) is 0 Å². The van der Waals surface area contributed by atoms with Gasteiger partial charge in [0.2, 0.25) is 0 Å². The van der Waals surface area contributed by atoms with E-state index in [-0.39, 0.29) is 0 Å². The SMILES string of the molecule is CCc1nc(Cl)c2n1CCCC2. The Bertz CT molecular complexity index is 291. The minimum Gasteiger partial charge on any atom is -0.331 e. The van der Waals surface area contributed by atoms with Crippen molar-refractivity contribution >= 4 is 11.6 Å². The number of nitrogens with zero attached hydrogens (tertiary/aromatic N) is 2. The minimum absolute atomic E-state index is 0.728. The molecule has 3 heteroatoms. The molecule has 0 aliphatic carbocycles. The first kappa shape index (κ1) is 8.11. The predicted octanol–water partition coefficient (Wildman–Crippen LogP) is 2.44. The summed E-state index contributed by atoms with van der Waals surface area (Å²) in [5.74, 6) is 1.15. The van der Waals surface area contributed by atoms with E-state index >= 15 is 0 Å². The van der Waals surface area contributed by atoms with Crippen LogP contribution in [0.5, 0.6) is 0 Å². The molecule has 1 aliphatic rings. The summed E-state index contributed by atoms with van der Waals surface area (Å²) in [5, 5.41) is 0.728. The highest BCUT2D eigenvalue weighted by Gasteiger charge is 2.16. The quantitative estimate of drug-likeness (QED) is 0.656. The van der Waals surface area contributed by atoms with Crippen molar-refractivity contribution in [2.45, 2.75) is 39.2 Å². The van der Waals surface area contributed by atoms with Gasteiger partial charge in [0, 0.05) is 13.0 Å². The topological polar surface area (TPSA) is 17.8 Å². The highest BCUT2D eigenvalue weighted by atomic mass is 35.5. The summed E-state index contributed by atoms with van der Waals surface area (Å²) in [5.41, 5.74) is 1.25. The predicted molar refractivity (Wildman–Crippen MR) is 49.6 cm³/mol. The highest BCUT2D eigenvalue weighted by Crippen LogP contribution is 2.24. The molecule has 12 heavy (non-hydrogen) atoms. The fraction of sp³-hybridized carbons (Fsp3) is 0.667. The van der Waals surface area contributed by atoms with E-state index in [2.05, 4.69) is 16.5 Å². The molecule has 2 rings (SSSR count). The van der Waals surface area contributed by atoms with E-state index in [0.717, 1.165) is 30.4 Å². The van der Waals surface area contributed by atoms with E-state index < -0.39 is 0 Å².